The first-order valence-electron chi connectivity index (χ1n) is 7.29. The molecule has 0 aliphatic heterocycles. The minimum Gasteiger partial charge on any atom is -0.326 e. The normalized spacial score (nSPS) is 26.9. The Labute approximate surface area is 121 Å². The molecule has 3 N–H and O–H groups in total. The van der Waals surface area contributed by atoms with Gasteiger partial charge in [-0.25, -0.2) is 13.1 Å². The Morgan fingerprint density at radius 2 is 2.10 bits per heavy atom. The summed E-state index contributed by atoms with van der Waals surface area (Å²) >= 11 is 0. The van der Waals surface area contributed by atoms with Crippen LogP contribution in [0.3, 0.4) is 0 Å². The van der Waals surface area contributed by atoms with Crippen molar-refractivity contribution < 1.29 is 8.42 Å². The summed E-state index contributed by atoms with van der Waals surface area (Å²) in [6.45, 7) is 4.66. The average molecular weight is 296 g/mol. The van der Waals surface area contributed by atoms with E-state index >= 15 is 0 Å². The minimum atomic E-state index is -3.45. The molecule has 4 nitrogen and oxygen atoms in total. The van der Waals surface area contributed by atoms with Gasteiger partial charge in [0.1, 0.15) is 0 Å². The molecule has 0 bridgehead atoms. The second-order valence-corrected chi connectivity index (χ2v) is 7.40. The zero-order chi connectivity index (χ0) is 14.8. The standard InChI is InChI=1S/C15H24N2O2S/c1-3-13-7-8-15(11(13)2)17-20(18,19)14-6-4-5-12(9-14)10-16/h4-6,9,11,13,15,17H,3,7-8,10,16H2,1-2H3. The van der Waals surface area contributed by atoms with E-state index in [2.05, 4.69) is 18.6 Å². The lowest BCUT2D eigenvalue weighted by Crippen LogP contribution is -2.37. The summed E-state index contributed by atoms with van der Waals surface area (Å²) in [4.78, 5) is 0.313. The van der Waals surface area contributed by atoms with E-state index in [1.807, 2.05) is 6.07 Å². The fourth-order valence-corrected chi connectivity index (χ4v) is 4.53. The van der Waals surface area contributed by atoms with Crippen molar-refractivity contribution in [1.29, 1.82) is 0 Å². The van der Waals surface area contributed by atoms with Crippen LogP contribution in [0.1, 0.15) is 38.7 Å². The molecule has 1 fully saturated rings. The van der Waals surface area contributed by atoms with Gasteiger partial charge in [0.25, 0.3) is 0 Å². The third kappa shape index (κ3) is 3.22. The van der Waals surface area contributed by atoms with Crippen LogP contribution in [-0.2, 0) is 16.6 Å². The van der Waals surface area contributed by atoms with Crippen molar-refractivity contribution in [2.75, 3.05) is 0 Å². The van der Waals surface area contributed by atoms with E-state index in [1.54, 1.807) is 18.2 Å². The molecule has 3 atom stereocenters. The highest BCUT2D eigenvalue weighted by atomic mass is 32.2. The minimum absolute atomic E-state index is 0.0477. The molecule has 0 heterocycles. The molecule has 20 heavy (non-hydrogen) atoms. The number of nitrogens with two attached hydrogens (primary N) is 1. The summed E-state index contributed by atoms with van der Waals surface area (Å²) in [7, 11) is -3.45. The molecular weight excluding hydrogens is 272 g/mol. The maximum atomic E-state index is 12.4. The first-order chi connectivity index (χ1) is 9.47. The van der Waals surface area contributed by atoms with Crippen LogP contribution in [-0.4, -0.2) is 14.5 Å². The van der Waals surface area contributed by atoms with Gasteiger partial charge < -0.3 is 5.73 Å². The third-order valence-electron chi connectivity index (χ3n) is 4.50. The summed E-state index contributed by atoms with van der Waals surface area (Å²) in [6.07, 6.45) is 3.14. The number of sulfonamides is 1. The second kappa shape index (κ2) is 6.24. The van der Waals surface area contributed by atoms with Crippen molar-refractivity contribution in [3.05, 3.63) is 29.8 Å². The monoisotopic (exact) mass is 296 g/mol. The molecule has 0 radical (unpaired) electrons. The van der Waals surface area contributed by atoms with Crippen LogP contribution < -0.4 is 10.5 Å². The van der Waals surface area contributed by atoms with E-state index < -0.39 is 10.0 Å². The average Bonchev–Trinajstić information content (AvgIpc) is 2.79. The van der Waals surface area contributed by atoms with Crippen LogP contribution in [0, 0.1) is 11.8 Å². The SMILES string of the molecule is CCC1CCC(NS(=O)(=O)c2cccc(CN)c2)C1C. The lowest BCUT2D eigenvalue weighted by molar-refractivity contribution is 0.368. The van der Waals surface area contributed by atoms with E-state index in [1.165, 1.54) is 0 Å². The van der Waals surface area contributed by atoms with Gasteiger partial charge in [-0.15, -0.1) is 0 Å². The summed E-state index contributed by atoms with van der Waals surface area (Å²) in [5.74, 6) is 1.02. The van der Waals surface area contributed by atoms with Crippen molar-refractivity contribution in [2.24, 2.45) is 17.6 Å². The highest BCUT2D eigenvalue weighted by Gasteiger charge is 2.34. The lowest BCUT2D eigenvalue weighted by Gasteiger charge is -2.21. The fraction of sp³-hybridized carbons (Fsp3) is 0.600. The van der Waals surface area contributed by atoms with E-state index in [0.29, 0.717) is 23.3 Å². The van der Waals surface area contributed by atoms with Crippen LogP contribution in [0.2, 0.25) is 0 Å². The highest BCUT2D eigenvalue weighted by Crippen LogP contribution is 2.34. The molecule has 0 spiro atoms. The van der Waals surface area contributed by atoms with Gasteiger partial charge in [0, 0.05) is 12.6 Å². The van der Waals surface area contributed by atoms with Gasteiger partial charge in [0.15, 0.2) is 0 Å². The van der Waals surface area contributed by atoms with Crippen LogP contribution in [0.4, 0.5) is 0 Å². The van der Waals surface area contributed by atoms with Gasteiger partial charge in [-0.2, -0.15) is 0 Å². The first-order valence-corrected chi connectivity index (χ1v) is 8.77. The number of benzene rings is 1. The van der Waals surface area contributed by atoms with Crippen LogP contribution in [0.25, 0.3) is 0 Å². The molecule has 1 aliphatic carbocycles. The summed E-state index contributed by atoms with van der Waals surface area (Å²) in [5.41, 5.74) is 6.40. The Hall–Kier alpha value is -0.910. The molecule has 1 aromatic carbocycles. The van der Waals surface area contributed by atoms with Gasteiger partial charge in [-0.05, 0) is 42.4 Å². The Balaban J connectivity index is 2.15. The Morgan fingerprint density at radius 3 is 2.70 bits per heavy atom. The molecule has 1 aromatic rings. The van der Waals surface area contributed by atoms with Crippen LogP contribution in [0.5, 0.6) is 0 Å². The van der Waals surface area contributed by atoms with Crippen LogP contribution in [0.15, 0.2) is 29.2 Å². The number of rotatable bonds is 5. The lowest BCUT2D eigenvalue weighted by atomic mass is 9.94. The zero-order valence-corrected chi connectivity index (χ0v) is 13.0. The van der Waals surface area contributed by atoms with E-state index in [-0.39, 0.29) is 6.04 Å². The van der Waals surface area contributed by atoms with Crippen molar-refractivity contribution in [1.82, 2.24) is 4.72 Å². The van der Waals surface area contributed by atoms with Gasteiger partial charge in [-0.1, -0.05) is 32.4 Å². The molecule has 0 aromatic heterocycles. The predicted octanol–water partition coefficient (Wildman–Crippen LogP) is 2.25. The number of nitrogens with one attached hydrogen (secondary N) is 1. The fourth-order valence-electron chi connectivity index (χ4n) is 3.10. The smallest absolute Gasteiger partial charge is 0.240 e. The van der Waals surface area contributed by atoms with Gasteiger partial charge in [0.2, 0.25) is 10.0 Å². The second-order valence-electron chi connectivity index (χ2n) is 5.68. The highest BCUT2D eigenvalue weighted by molar-refractivity contribution is 7.89. The zero-order valence-electron chi connectivity index (χ0n) is 12.2. The topological polar surface area (TPSA) is 72.2 Å². The van der Waals surface area contributed by atoms with Gasteiger partial charge in [0.05, 0.1) is 4.90 Å². The maximum absolute atomic E-state index is 12.4. The Morgan fingerprint density at radius 1 is 1.35 bits per heavy atom. The summed E-state index contributed by atoms with van der Waals surface area (Å²) in [6, 6.07) is 6.90. The van der Waals surface area contributed by atoms with Crippen LogP contribution >= 0.6 is 0 Å². The quantitative estimate of drug-likeness (QED) is 0.875. The van der Waals surface area contributed by atoms with Gasteiger partial charge in [-0.3, -0.25) is 0 Å². The molecule has 5 heteroatoms. The predicted molar refractivity (Wildman–Crippen MR) is 80.6 cm³/mol. The molecule has 0 amide bonds. The summed E-state index contributed by atoms with van der Waals surface area (Å²) < 4.78 is 27.8. The van der Waals surface area contributed by atoms with E-state index in [0.717, 1.165) is 24.8 Å². The van der Waals surface area contributed by atoms with Gasteiger partial charge >= 0.3 is 0 Å². The number of hydrogen-bond donors (Lipinski definition) is 2. The molecule has 3 unspecified atom stereocenters. The van der Waals surface area contributed by atoms with E-state index in [4.69, 9.17) is 5.73 Å². The van der Waals surface area contributed by atoms with Crippen molar-refractivity contribution in [3.63, 3.8) is 0 Å². The molecular formula is C15H24N2O2S. The first kappa shape index (κ1) is 15.5. The molecule has 0 saturated heterocycles. The molecule has 112 valence electrons. The third-order valence-corrected chi connectivity index (χ3v) is 5.99. The van der Waals surface area contributed by atoms with Crippen molar-refractivity contribution in [2.45, 2.75) is 50.6 Å². The summed E-state index contributed by atoms with van der Waals surface area (Å²) in [5, 5.41) is 0. The molecule has 2 rings (SSSR count). The van der Waals surface area contributed by atoms with Crippen molar-refractivity contribution in [3.8, 4) is 0 Å². The van der Waals surface area contributed by atoms with E-state index in [9.17, 15) is 8.42 Å². The number of hydrogen-bond acceptors (Lipinski definition) is 3. The molecule has 1 saturated carbocycles. The largest absolute Gasteiger partial charge is 0.326 e. The Kier molecular flexibility index (Phi) is 4.83. The maximum Gasteiger partial charge on any atom is 0.240 e. The van der Waals surface area contributed by atoms with Crippen molar-refractivity contribution >= 4 is 10.0 Å². The molecule has 1 aliphatic rings. The Bertz CT molecular complexity index is 557.